The molecule has 2 rings (SSSR count). The van der Waals surface area contributed by atoms with E-state index in [0.717, 1.165) is 5.56 Å². The van der Waals surface area contributed by atoms with Gasteiger partial charge in [0.05, 0.1) is 26.0 Å². The van der Waals surface area contributed by atoms with Gasteiger partial charge in [0, 0.05) is 16.1 Å². The molecular formula is C16H15BrN2O3. The molecule has 1 amide bonds. The Labute approximate surface area is 137 Å². The number of benzene rings is 2. The molecule has 0 aliphatic rings. The highest BCUT2D eigenvalue weighted by Gasteiger charge is 2.08. The molecule has 0 fully saturated rings. The van der Waals surface area contributed by atoms with Gasteiger partial charge in [-0.15, -0.1) is 0 Å². The van der Waals surface area contributed by atoms with Gasteiger partial charge in [-0.1, -0.05) is 12.1 Å². The van der Waals surface area contributed by atoms with Gasteiger partial charge in [-0.3, -0.25) is 4.79 Å². The molecule has 0 unspecified atom stereocenters. The van der Waals surface area contributed by atoms with Gasteiger partial charge < -0.3 is 9.47 Å². The number of carbonyl (C=O) groups is 1. The van der Waals surface area contributed by atoms with Crippen LogP contribution in [-0.4, -0.2) is 26.3 Å². The zero-order valence-corrected chi connectivity index (χ0v) is 13.8. The zero-order valence-electron chi connectivity index (χ0n) is 12.2. The number of hydrogen-bond donors (Lipinski definition) is 1. The zero-order chi connectivity index (χ0) is 15.9. The molecule has 0 spiro atoms. The maximum absolute atomic E-state index is 12.0. The Kier molecular flexibility index (Phi) is 5.55. The van der Waals surface area contributed by atoms with E-state index in [1.54, 1.807) is 50.6 Å². The molecule has 6 heteroatoms. The van der Waals surface area contributed by atoms with E-state index in [1.807, 2.05) is 6.07 Å². The van der Waals surface area contributed by atoms with Crippen LogP contribution in [0.2, 0.25) is 0 Å². The molecule has 2 aromatic rings. The number of nitrogens with zero attached hydrogens (tertiary/aromatic N) is 1. The highest BCUT2D eigenvalue weighted by atomic mass is 79.9. The van der Waals surface area contributed by atoms with Crippen LogP contribution in [0.25, 0.3) is 0 Å². The van der Waals surface area contributed by atoms with Crippen molar-refractivity contribution in [2.45, 2.75) is 0 Å². The van der Waals surface area contributed by atoms with Crippen LogP contribution in [0.1, 0.15) is 15.9 Å². The molecule has 0 aromatic heterocycles. The molecule has 0 heterocycles. The van der Waals surface area contributed by atoms with Crippen molar-refractivity contribution >= 4 is 28.1 Å². The van der Waals surface area contributed by atoms with Gasteiger partial charge in [0.2, 0.25) is 0 Å². The summed E-state index contributed by atoms with van der Waals surface area (Å²) < 4.78 is 11.1. The summed E-state index contributed by atoms with van der Waals surface area (Å²) in [6.07, 6.45) is 1.52. The van der Waals surface area contributed by atoms with Crippen LogP contribution in [0.3, 0.4) is 0 Å². The number of halogens is 1. The van der Waals surface area contributed by atoms with Crippen molar-refractivity contribution in [3.8, 4) is 11.5 Å². The summed E-state index contributed by atoms with van der Waals surface area (Å²) in [5.41, 5.74) is 3.73. The minimum atomic E-state index is -0.295. The Hall–Kier alpha value is -2.34. The maximum Gasteiger partial charge on any atom is 0.272 e. The molecule has 0 saturated heterocycles. The van der Waals surface area contributed by atoms with E-state index in [4.69, 9.17) is 9.47 Å². The average Bonchev–Trinajstić information content (AvgIpc) is 2.55. The third-order valence-electron chi connectivity index (χ3n) is 2.93. The predicted octanol–water partition coefficient (Wildman–Crippen LogP) is 3.23. The first-order valence-electron chi connectivity index (χ1n) is 6.45. The van der Waals surface area contributed by atoms with Gasteiger partial charge in [0.25, 0.3) is 5.91 Å². The number of hydrazone groups is 1. The third-order valence-corrected chi connectivity index (χ3v) is 3.62. The lowest BCUT2D eigenvalue weighted by Crippen LogP contribution is -2.18. The summed E-state index contributed by atoms with van der Waals surface area (Å²) in [6, 6.07) is 12.5. The molecule has 0 aliphatic carbocycles. The SMILES string of the molecule is COc1ccc(/C=N/NC(=O)c2ccccc2Br)c(OC)c1. The second-order valence-corrected chi connectivity index (χ2v) is 5.14. The molecule has 0 radical (unpaired) electrons. The number of ether oxygens (including phenoxy) is 2. The fourth-order valence-electron chi connectivity index (χ4n) is 1.79. The minimum absolute atomic E-state index is 0.295. The quantitative estimate of drug-likeness (QED) is 0.656. The van der Waals surface area contributed by atoms with Gasteiger partial charge in [-0.25, -0.2) is 5.43 Å². The predicted molar refractivity (Wildman–Crippen MR) is 88.7 cm³/mol. The number of methoxy groups -OCH3 is 2. The van der Waals surface area contributed by atoms with Crippen LogP contribution in [-0.2, 0) is 0 Å². The van der Waals surface area contributed by atoms with Gasteiger partial charge in [-0.05, 0) is 40.2 Å². The van der Waals surface area contributed by atoms with Gasteiger partial charge >= 0.3 is 0 Å². The van der Waals surface area contributed by atoms with Crippen molar-refractivity contribution in [1.82, 2.24) is 5.43 Å². The summed E-state index contributed by atoms with van der Waals surface area (Å²) in [5.74, 6) is 1.00. The maximum atomic E-state index is 12.0. The van der Waals surface area contributed by atoms with Crippen LogP contribution < -0.4 is 14.9 Å². The first-order valence-corrected chi connectivity index (χ1v) is 7.25. The van der Waals surface area contributed by atoms with Crippen molar-refractivity contribution in [1.29, 1.82) is 0 Å². The number of carbonyl (C=O) groups excluding carboxylic acids is 1. The lowest BCUT2D eigenvalue weighted by molar-refractivity contribution is 0.0954. The number of amides is 1. The highest BCUT2D eigenvalue weighted by Crippen LogP contribution is 2.23. The van der Waals surface area contributed by atoms with Crippen molar-refractivity contribution in [3.63, 3.8) is 0 Å². The van der Waals surface area contributed by atoms with Gasteiger partial charge in [0.15, 0.2) is 0 Å². The van der Waals surface area contributed by atoms with E-state index in [9.17, 15) is 4.79 Å². The van der Waals surface area contributed by atoms with E-state index in [0.29, 0.717) is 21.5 Å². The largest absolute Gasteiger partial charge is 0.497 e. The molecule has 22 heavy (non-hydrogen) atoms. The van der Waals surface area contributed by atoms with Crippen molar-refractivity contribution < 1.29 is 14.3 Å². The van der Waals surface area contributed by atoms with Crippen molar-refractivity contribution in [2.24, 2.45) is 5.10 Å². The molecule has 0 aliphatic heterocycles. The van der Waals surface area contributed by atoms with Crippen LogP contribution in [0, 0.1) is 0 Å². The monoisotopic (exact) mass is 362 g/mol. The molecule has 0 atom stereocenters. The lowest BCUT2D eigenvalue weighted by Gasteiger charge is -2.07. The minimum Gasteiger partial charge on any atom is -0.497 e. The number of nitrogens with one attached hydrogen (secondary N) is 1. The van der Waals surface area contributed by atoms with E-state index >= 15 is 0 Å². The van der Waals surface area contributed by atoms with Gasteiger partial charge in [-0.2, -0.15) is 5.10 Å². The Balaban J connectivity index is 2.10. The molecule has 0 saturated carbocycles. The van der Waals surface area contributed by atoms with E-state index < -0.39 is 0 Å². The molecule has 0 bridgehead atoms. The Bertz CT molecular complexity index is 702. The first-order chi connectivity index (χ1) is 10.7. The van der Waals surface area contributed by atoms with Crippen molar-refractivity contribution in [3.05, 3.63) is 58.1 Å². The van der Waals surface area contributed by atoms with E-state index in [-0.39, 0.29) is 5.91 Å². The van der Waals surface area contributed by atoms with Crippen LogP contribution in [0.5, 0.6) is 11.5 Å². The van der Waals surface area contributed by atoms with Crippen LogP contribution >= 0.6 is 15.9 Å². The highest BCUT2D eigenvalue weighted by molar-refractivity contribution is 9.10. The third kappa shape index (κ3) is 3.85. The second-order valence-electron chi connectivity index (χ2n) is 4.29. The van der Waals surface area contributed by atoms with Gasteiger partial charge in [0.1, 0.15) is 11.5 Å². The standard InChI is InChI=1S/C16H15BrN2O3/c1-21-12-8-7-11(15(9-12)22-2)10-18-19-16(20)13-5-3-4-6-14(13)17/h3-10H,1-2H3,(H,19,20)/b18-10+. The summed E-state index contributed by atoms with van der Waals surface area (Å²) in [5, 5.41) is 3.96. The fourth-order valence-corrected chi connectivity index (χ4v) is 2.26. The first kappa shape index (κ1) is 16.0. The fraction of sp³-hybridized carbons (Fsp3) is 0.125. The van der Waals surface area contributed by atoms with Crippen molar-refractivity contribution in [2.75, 3.05) is 14.2 Å². The normalized spacial score (nSPS) is 10.5. The summed E-state index contributed by atoms with van der Waals surface area (Å²) in [7, 11) is 3.15. The van der Waals surface area contributed by atoms with Crippen LogP contribution in [0.4, 0.5) is 0 Å². The smallest absolute Gasteiger partial charge is 0.272 e. The molecule has 114 valence electrons. The second kappa shape index (κ2) is 7.61. The molecule has 5 nitrogen and oxygen atoms in total. The van der Waals surface area contributed by atoms with Crippen LogP contribution in [0.15, 0.2) is 52.0 Å². The Morgan fingerprint density at radius 1 is 1.18 bits per heavy atom. The van der Waals surface area contributed by atoms with E-state index in [1.165, 1.54) is 6.21 Å². The summed E-state index contributed by atoms with van der Waals surface area (Å²) >= 11 is 3.33. The van der Waals surface area contributed by atoms with E-state index in [2.05, 4.69) is 26.5 Å². The molecule has 1 N–H and O–H groups in total. The topological polar surface area (TPSA) is 59.9 Å². The summed E-state index contributed by atoms with van der Waals surface area (Å²) in [4.78, 5) is 12.0. The number of hydrogen-bond acceptors (Lipinski definition) is 4. The lowest BCUT2D eigenvalue weighted by atomic mass is 10.2. The molecule has 2 aromatic carbocycles. The number of rotatable bonds is 5. The molecular weight excluding hydrogens is 348 g/mol. The average molecular weight is 363 g/mol. The Morgan fingerprint density at radius 3 is 2.64 bits per heavy atom. The Morgan fingerprint density at radius 2 is 1.95 bits per heavy atom. The summed E-state index contributed by atoms with van der Waals surface area (Å²) in [6.45, 7) is 0.